The molecule has 1 N–H and O–H groups in total. The zero-order valence-electron chi connectivity index (χ0n) is 39.2. The number of fused-ring (bicyclic) bond motifs is 1. The van der Waals surface area contributed by atoms with Crippen molar-refractivity contribution >= 4 is 50.1 Å². The molecule has 318 valence electrons. The highest BCUT2D eigenvalue weighted by molar-refractivity contribution is 6.75. The van der Waals surface area contributed by atoms with E-state index >= 15 is 0 Å². The highest BCUT2D eigenvalue weighted by Crippen LogP contribution is 2.46. The molecule has 0 bridgehead atoms. The highest BCUT2D eigenvalue weighted by Gasteiger charge is 2.55. The quantitative estimate of drug-likeness (QED) is 0.125. The lowest BCUT2D eigenvalue weighted by molar-refractivity contribution is -0.128. The maximum Gasteiger partial charge on any atom is 0.192 e. The third-order valence-electron chi connectivity index (χ3n) is 14.1. The average molecular weight is 837 g/mol. The summed E-state index contributed by atoms with van der Waals surface area (Å²) >= 11 is 0. The summed E-state index contributed by atoms with van der Waals surface area (Å²) in [6.45, 7) is 50.8. The molecule has 0 radical (unpaired) electrons. The summed E-state index contributed by atoms with van der Waals surface area (Å²) in [6.07, 6.45) is 5.66. The fraction of sp³-hybridized carbons (Fsp3) is 0.837. The third-order valence-corrected chi connectivity index (χ3v) is 32.1. The van der Waals surface area contributed by atoms with Gasteiger partial charge < -0.3 is 27.4 Å². The first kappa shape index (κ1) is 48.5. The molecule has 1 fully saturated rings. The number of aromatic nitrogens is 1. The van der Waals surface area contributed by atoms with Crippen molar-refractivity contribution in [3.05, 3.63) is 24.6 Å². The lowest BCUT2D eigenvalue weighted by atomic mass is 9.94. The Morgan fingerprint density at radius 2 is 1.18 bits per heavy atom. The minimum Gasteiger partial charge on any atom is -0.443 e. The molecule has 8 nitrogen and oxygen atoms in total. The number of nitrogens with one attached hydrogen (secondary N) is 1. The van der Waals surface area contributed by atoms with Gasteiger partial charge in [-0.25, -0.2) is 4.98 Å². The summed E-state index contributed by atoms with van der Waals surface area (Å²) in [5.41, 5.74) is 2.79. The molecule has 1 aromatic carbocycles. The van der Waals surface area contributed by atoms with Crippen LogP contribution >= 0.6 is 0 Å². The van der Waals surface area contributed by atoms with Crippen molar-refractivity contribution < 1.29 is 22.1 Å². The summed E-state index contributed by atoms with van der Waals surface area (Å²) in [5.74, 6) is 0. The molecule has 1 aliphatic rings. The Hall–Kier alpha value is -0.842. The van der Waals surface area contributed by atoms with Crippen LogP contribution in [0.2, 0.25) is 72.5 Å². The molecule has 2 heterocycles. The van der Waals surface area contributed by atoms with Crippen LogP contribution in [0.3, 0.4) is 0 Å². The lowest BCUT2D eigenvalue weighted by Gasteiger charge is -2.56. The van der Waals surface area contributed by atoms with E-state index in [0.717, 1.165) is 49.3 Å². The van der Waals surface area contributed by atoms with Crippen molar-refractivity contribution in [2.75, 3.05) is 31.6 Å². The zero-order chi connectivity index (χ0) is 42.1. The Morgan fingerprint density at radius 1 is 0.673 bits per heavy atom. The average Bonchev–Trinajstić information content (AvgIpc) is 3.47. The van der Waals surface area contributed by atoms with E-state index in [4.69, 9.17) is 22.1 Å². The molecule has 0 amide bonds. The van der Waals surface area contributed by atoms with Crippen LogP contribution < -0.4 is 5.32 Å². The number of oxazole rings is 1. The number of piperidine rings is 1. The summed E-state index contributed by atoms with van der Waals surface area (Å²) < 4.78 is 35.6. The van der Waals surface area contributed by atoms with Gasteiger partial charge in [-0.2, -0.15) is 0 Å². The van der Waals surface area contributed by atoms with Crippen molar-refractivity contribution in [3.8, 4) is 0 Å². The topological polar surface area (TPSA) is 78.2 Å². The van der Waals surface area contributed by atoms with Gasteiger partial charge >= 0.3 is 0 Å². The maximum atomic E-state index is 7.71. The van der Waals surface area contributed by atoms with Crippen molar-refractivity contribution in [1.82, 2.24) is 9.88 Å². The molecular formula is C43H85N3O5Si4. The largest absolute Gasteiger partial charge is 0.443 e. The van der Waals surface area contributed by atoms with E-state index in [0.29, 0.717) is 6.61 Å². The van der Waals surface area contributed by atoms with Crippen LogP contribution in [-0.2, 0) is 17.7 Å². The van der Waals surface area contributed by atoms with Gasteiger partial charge in [0.15, 0.2) is 45.2 Å². The molecule has 0 spiro atoms. The first-order chi connectivity index (χ1) is 24.8. The summed E-state index contributed by atoms with van der Waals surface area (Å²) in [4.78, 5) is 6.95. The number of hydrogen-bond donors (Lipinski definition) is 1. The Morgan fingerprint density at radius 3 is 1.73 bits per heavy atom. The molecule has 4 atom stereocenters. The van der Waals surface area contributed by atoms with E-state index in [9.17, 15) is 0 Å². The second kappa shape index (κ2) is 17.8. The molecule has 12 heteroatoms. The number of anilines is 1. The molecule has 55 heavy (non-hydrogen) atoms. The second-order valence-corrected chi connectivity index (χ2v) is 41.7. The third kappa shape index (κ3) is 12.6. The molecule has 1 aliphatic heterocycles. The number of benzene rings is 1. The highest BCUT2D eigenvalue weighted by atomic mass is 28.4. The number of nitrogens with zero attached hydrogens (tertiary/aromatic N) is 2. The molecule has 0 aliphatic carbocycles. The van der Waals surface area contributed by atoms with Gasteiger partial charge in [0.1, 0.15) is 5.52 Å². The minimum absolute atomic E-state index is 0.0477. The number of rotatable bonds is 17. The van der Waals surface area contributed by atoms with Gasteiger partial charge in [-0.3, -0.25) is 4.90 Å². The Kier molecular flexibility index (Phi) is 15.7. The van der Waals surface area contributed by atoms with Gasteiger partial charge in [0.2, 0.25) is 0 Å². The van der Waals surface area contributed by atoms with E-state index < -0.39 is 33.3 Å². The van der Waals surface area contributed by atoms with Gasteiger partial charge in [0.25, 0.3) is 0 Å². The maximum absolute atomic E-state index is 7.71. The van der Waals surface area contributed by atoms with E-state index in [-0.39, 0.29) is 44.5 Å². The molecule has 3 unspecified atom stereocenters. The van der Waals surface area contributed by atoms with E-state index in [1.54, 1.807) is 0 Å². The predicted molar refractivity (Wildman–Crippen MR) is 246 cm³/mol. The van der Waals surface area contributed by atoms with Crippen LogP contribution in [0.5, 0.6) is 0 Å². The smallest absolute Gasteiger partial charge is 0.192 e. The fourth-order valence-corrected chi connectivity index (χ4v) is 11.0. The molecule has 2 aromatic rings. The van der Waals surface area contributed by atoms with Crippen LogP contribution in [0.4, 0.5) is 5.69 Å². The zero-order valence-corrected chi connectivity index (χ0v) is 43.2. The van der Waals surface area contributed by atoms with Crippen LogP contribution in [0.1, 0.15) is 109 Å². The Bertz CT molecular complexity index is 1500. The van der Waals surface area contributed by atoms with Gasteiger partial charge in [-0.15, -0.1) is 0 Å². The summed E-state index contributed by atoms with van der Waals surface area (Å²) in [5, 5.41) is 3.87. The molecular weight excluding hydrogens is 751 g/mol. The van der Waals surface area contributed by atoms with Crippen LogP contribution in [0, 0.1) is 0 Å². The molecule has 1 saturated heterocycles. The second-order valence-electron chi connectivity index (χ2n) is 22.6. The number of likely N-dealkylation sites (tertiary alicyclic amines) is 1. The van der Waals surface area contributed by atoms with Gasteiger partial charge in [-0.1, -0.05) is 95.9 Å². The van der Waals surface area contributed by atoms with Crippen molar-refractivity contribution in [3.63, 3.8) is 0 Å². The Balaban J connectivity index is 1.97. The fourth-order valence-electron chi connectivity index (χ4n) is 6.05. The van der Waals surface area contributed by atoms with E-state index in [1.165, 1.54) is 19.2 Å². The number of hydrogen-bond acceptors (Lipinski definition) is 8. The van der Waals surface area contributed by atoms with Gasteiger partial charge in [0.05, 0.1) is 31.0 Å². The van der Waals surface area contributed by atoms with Crippen molar-refractivity contribution in [2.45, 2.75) is 206 Å². The van der Waals surface area contributed by atoms with Crippen LogP contribution in [0.15, 0.2) is 29.0 Å². The van der Waals surface area contributed by atoms with Crippen molar-refractivity contribution in [2.24, 2.45) is 0 Å². The first-order valence-corrected chi connectivity index (χ1v) is 32.9. The minimum atomic E-state index is -2.25. The monoisotopic (exact) mass is 836 g/mol. The standard InChI is InChI=1S/C43H85N3O5Si4/c1-40(2,3)52(13,14)48-31-35-38(50-54(17,18)42(7,8)9)39(51-55(19,20)43(10,11)12)37(49-53(15,16)41(4,5)6)30-46(35)28-24-22-21-23-27-44-33-25-26-34-36(29-33)47-32-45-34/h25-26,29,32,35,37-39,44H,21-24,27-28,30-31H2,1-20H3/t35-,37?,38?,39?/m1/s1. The molecule has 1 aromatic heterocycles. The normalized spacial score (nSPS) is 21.7. The summed E-state index contributed by atoms with van der Waals surface area (Å²) in [6, 6.07) is 6.21. The first-order valence-electron chi connectivity index (χ1n) is 21.3. The van der Waals surface area contributed by atoms with Crippen LogP contribution in [0.25, 0.3) is 11.1 Å². The van der Waals surface area contributed by atoms with E-state index in [1.807, 2.05) is 12.1 Å². The molecule has 3 rings (SSSR count). The molecule has 0 saturated carbocycles. The SMILES string of the molecule is CC(C)(C)[Si](C)(C)OC[C@@H]1C(O[Si](C)(C)C(C)(C)C)C(O[Si](C)(C)C(C)(C)C)C(O[Si](C)(C)C(C)(C)C)CN1CCCCCCNc1ccc2ncoc2c1. The van der Waals surface area contributed by atoms with Gasteiger partial charge in [0, 0.05) is 24.8 Å². The number of unbranched alkanes of at least 4 members (excludes halogenated alkanes) is 3. The Labute approximate surface area is 342 Å². The summed E-state index contributed by atoms with van der Waals surface area (Å²) in [7, 11) is -8.72. The van der Waals surface area contributed by atoms with Crippen LogP contribution in [-0.4, -0.2) is 93.7 Å². The lowest BCUT2D eigenvalue weighted by Crippen LogP contribution is -2.70. The predicted octanol–water partition coefficient (Wildman–Crippen LogP) is 12.7. The van der Waals surface area contributed by atoms with Crippen molar-refractivity contribution in [1.29, 1.82) is 0 Å². The van der Waals surface area contributed by atoms with E-state index in [2.05, 4.69) is 157 Å². The van der Waals surface area contributed by atoms with Gasteiger partial charge in [-0.05, 0) is 104 Å².